The van der Waals surface area contributed by atoms with Gasteiger partial charge in [-0.25, -0.2) is 4.98 Å². The van der Waals surface area contributed by atoms with Gasteiger partial charge in [-0.05, 0) is 25.1 Å². The van der Waals surface area contributed by atoms with E-state index >= 15 is 0 Å². The molecule has 0 atom stereocenters. The van der Waals surface area contributed by atoms with Crippen molar-refractivity contribution in [3.63, 3.8) is 0 Å². The number of rotatable bonds is 2. The highest BCUT2D eigenvalue weighted by atomic mass is 32.1. The predicted octanol–water partition coefficient (Wildman–Crippen LogP) is 2.42. The molecular formula is C12H10N3OS-. The molecule has 3 rings (SSSR count). The van der Waals surface area contributed by atoms with Crippen LogP contribution in [-0.2, 0) is 12.6 Å². The van der Waals surface area contributed by atoms with E-state index in [2.05, 4.69) is 15.0 Å². The molecular weight excluding hydrogens is 234 g/mol. The van der Waals surface area contributed by atoms with Crippen LogP contribution in [0.1, 0.15) is 6.92 Å². The molecule has 1 aromatic carbocycles. The third-order valence-corrected chi connectivity index (χ3v) is 2.94. The van der Waals surface area contributed by atoms with Crippen LogP contribution in [0.4, 0.5) is 0 Å². The first-order valence-corrected chi connectivity index (χ1v) is 5.76. The zero-order chi connectivity index (χ0) is 11.8. The normalized spacial score (nSPS) is 11.1. The quantitative estimate of drug-likeness (QED) is 0.555. The summed E-state index contributed by atoms with van der Waals surface area (Å²) >= 11 is 5.17. The molecule has 0 aliphatic heterocycles. The van der Waals surface area contributed by atoms with Crippen molar-refractivity contribution in [2.24, 2.45) is 0 Å². The van der Waals surface area contributed by atoms with Gasteiger partial charge in [0.15, 0.2) is 0 Å². The number of nitrogens with one attached hydrogen (secondary N) is 1. The molecule has 0 amide bonds. The first-order valence-electron chi connectivity index (χ1n) is 5.36. The van der Waals surface area contributed by atoms with Gasteiger partial charge in [-0.1, -0.05) is 5.03 Å². The summed E-state index contributed by atoms with van der Waals surface area (Å²) in [6.45, 7) is 2.61. The van der Waals surface area contributed by atoms with Crippen molar-refractivity contribution in [2.75, 3.05) is 6.61 Å². The zero-order valence-electron chi connectivity index (χ0n) is 9.23. The van der Waals surface area contributed by atoms with E-state index in [0.717, 1.165) is 27.7 Å². The molecule has 0 fully saturated rings. The molecule has 86 valence electrons. The van der Waals surface area contributed by atoms with Crippen LogP contribution in [-0.4, -0.2) is 21.6 Å². The molecule has 0 unspecified atom stereocenters. The van der Waals surface area contributed by atoms with E-state index in [1.54, 1.807) is 0 Å². The number of H-pyrrole nitrogens is 1. The third kappa shape index (κ3) is 1.59. The molecule has 2 heterocycles. The Hall–Kier alpha value is -1.88. The highest BCUT2D eigenvalue weighted by molar-refractivity contribution is 7.59. The van der Waals surface area contributed by atoms with Gasteiger partial charge in [-0.3, -0.25) is 4.98 Å². The van der Waals surface area contributed by atoms with Crippen molar-refractivity contribution in [3.05, 3.63) is 24.5 Å². The van der Waals surface area contributed by atoms with Gasteiger partial charge < -0.3 is 22.3 Å². The van der Waals surface area contributed by atoms with Crippen LogP contribution < -0.4 is 4.74 Å². The van der Waals surface area contributed by atoms with E-state index < -0.39 is 0 Å². The van der Waals surface area contributed by atoms with E-state index in [-0.39, 0.29) is 0 Å². The minimum atomic E-state index is 0.546. The second-order valence-electron chi connectivity index (χ2n) is 3.67. The minimum Gasteiger partial charge on any atom is -0.758 e. The number of aromatic nitrogens is 3. The summed E-state index contributed by atoms with van der Waals surface area (Å²) in [5.41, 5.74) is 2.66. The van der Waals surface area contributed by atoms with E-state index in [0.29, 0.717) is 11.6 Å². The van der Waals surface area contributed by atoms with Crippen molar-refractivity contribution in [3.8, 4) is 5.75 Å². The van der Waals surface area contributed by atoms with E-state index in [1.807, 2.05) is 25.1 Å². The van der Waals surface area contributed by atoms with Crippen LogP contribution in [0.15, 0.2) is 29.6 Å². The Morgan fingerprint density at radius 2 is 2.24 bits per heavy atom. The Labute approximate surface area is 103 Å². The highest BCUT2D eigenvalue weighted by Crippen LogP contribution is 2.28. The number of benzene rings is 1. The summed E-state index contributed by atoms with van der Waals surface area (Å²) in [7, 11) is 0. The fraction of sp³-hybridized carbons (Fsp3) is 0.167. The van der Waals surface area contributed by atoms with Gasteiger partial charge in [0.25, 0.3) is 0 Å². The molecule has 0 radical (unpaired) electrons. The fourth-order valence-corrected chi connectivity index (χ4v) is 2.10. The summed E-state index contributed by atoms with van der Waals surface area (Å²) in [5, 5.41) is 1.56. The number of hydrogen-bond donors (Lipinski definition) is 1. The van der Waals surface area contributed by atoms with Crippen molar-refractivity contribution < 1.29 is 4.74 Å². The van der Waals surface area contributed by atoms with Crippen LogP contribution >= 0.6 is 0 Å². The summed E-state index contributed by atoms with van der Waals surface area (Å²) < 4.78 is 5.48. The molecule has 17 heavy (non-hydrogen) atoms. The van der Waals surface area contributed by atoms with Crippen molar-refractivity contribution in [2.45, 2.75) is 11.9 Å². The molecule has 3 aromatic rings. The van der Waals surface area contributed by atoms with Crippen LogP contribution in [0.5, 0.6) is 5.75 Å². The van der Waals surface area contributed by atoms with E-state index in [9.17, 15) is 0 Å². The first kappa shape index (κ1) is 10.3. The van der Waals surface area contributed by atoms with Crippen LogP contribution in [0.25, 0.3) is 21.9 Å². The summed E-state index contributed by atoms with van der Waals surface area (Å²) in [4.78, 5) is 11.5. The van der Waals surface area contributed by atoms with Gasteiger partial charge >= 0.3 is 0 Å². The second-order valence-corrected chi connectivity index (χ2v) is 4.05. The number of hydrogen-bond acceptors (Lipinski definition) is 4. The lowest BCUT2D eigenvalue weighted by Crippen LogP contribution is -1.90. The topological polar surface area (TPSA) is 50.8 Å². The zero-order valence-corrected chi connectivity index (χ0v) is 10.0. The fourth-order valence-electron chi connectivity index (χ4n) is 1.91. The smallest absolute Gasteiger partial charge is 0.120 e. The maximum atomic E-state index is 5.48. The Bertz CT molecular complexity index is 693. The van der Waals surface area contributed by atoms with Crippen molar-refractivity contribution in [1.82, 2.24) is 15.0 Å². The lowest BCUT2D eigenvalue weighted by molar-refractivity contribution is 0.341. The first-order chi connectivity index (χ1) is 8.29. The molecule has 0 bridgehead atoms. The molecule has 5 heteroatoms. The van der Waals surface area contributed by atoms with Gasteiger partial charge in [0, 0.05) is 10.9 Å². The highest BCUT2D eigenvalue weighted by Gasteiger charge is 2.06. The van der Waals surface area contributed by atoms with Crippen molar-refractivity contribution >= 4 is 34.6 Å². The van der Waals surface area contributed by atoms with Crippen LogP contribution in [0.3, 0.4) is 0 Å². The van der Waals surface area contributed by atoms with Gasteiger partial charge in [-0.15, -0.1) is 0 Å². The van der Waals surface area contributed by atoms with Gasteiger partial charge in [-0.2, -0.15) is 0 Å². The summed E-state index contributed by atoms with van der Waals surface area (Å²) in [6, 6.07) is 5.87. The average molecular weight is 244 g/mol. The standard InChI is InChI=1S/C12H11N3OS/c1-2-16-7-3-4-9-8(5-7)10-11(15-9)12(17)14-6-13-10/h3-6,15H,2H2,1H3,(H,13,14,17)/p-1. The van der Waals surface area contributed by atoms with Gasteiger partial charge in [0.1, 0.15) is 12.1 Å². The molecule has 0 aliphatic carbocycles. The summed E-state index contributed by atoms with van der Waals surface area (Å²) in [5.74, 6) is 0.838. The SMILES string of the molecule is CCOc1ccc2[nH]c3c([S-])ncnc3c2c1. The Balaban J connectivity index is 2.34. The number of ether oxygens (including phenoxy) is 1. The predicted molar refractivity (Wildman–Crippen MR) is 68.2 cm³/mol. The molecule has 4 nitrogen and oxygen atoms in total. The van der Waals surface area contributed by atoms with Crippen LogP contribution in [0.2, 0.25) is 0 Å². The minimum absolute atomic E-state index is 0.546. The van der Waals surface area contributed by atoms with E-state index in [4.69, 9.17) is 17.4 Å². The molecule has 1 N–H and O–H groups in total. The Morgan fingerprint density at radius 3 is 3.06 bits per heavy atom. The number of aromatic amines is 1. The Morgan fingerprint density at radius 1 is 1.35 bits per heavy atom. The monoisotopic (exact) mass is 244 g/mol. The number of nitrogens with zero attached hydrogens (tertiary/aromatic N) is 2. The van der Waals surface area contributed by atoms with Gasteiger partial charge in [0.05, 0.1) is 17.6 Å². The van der Waals surface area contributed by atoms with E-state index in [1.165, 1.54) is 6.33 Å². The molecule has 0 saturated carbocycles. The molecule has 0 spiro atoms. The largest absolute Gasteiger partial charge is 0.758 e. The lowest BCUT2D eigenvalue weighted by atomic mass is 10.2. The average Bonchev–Trinajstić information content (AvgIpc) is 2.70. The van der Waals surface area contributed by atoms with Crippen LogP contribution in [0, 0.1) is 0 Å². The maximum absolute atomic E-state index is 5.48. The molecule has 0 saturated heterocycles. The van der Waals surface area contributed by atoms with Crippen molar-refractivity contribution in [1.29, 1.82) is 0 Å². The molecule has 0 aliphatic rings. The molecule has 2 aromatic heterocycles. The Kier molecular flexibility index (Phi) is 2.33. The van der Waals surface area contributed by atoms with Gasteiger partial charge in [0.2, 0.25) is 0 Å². The maximum Gasteiger partial charge on any atom is 0.120 e. The number of fused-ring (bicyclic) bond motifs is 3. The lowest BCUT2D eigenvalue weighted by Gasteiger charge is -2.03. The second kappa shape index (κ2) is 3.85. The third-order valence-electron chi connectivity index (χ3n) is 2.63. The summed E-state index contributed by atoms with van der Waals surface area (Å²) in [6.07, 6.45) is 1.49.